The fourth-order valence-electron chi connectivity index (χ4n) is 2.68. The molecule has 0 spiro atoms. The van der Waals surface area contributed by atoms with E-state index in [-0.39, 0.29) is 5.91 Å². The molecule has 22 heavy (non-hydrogen) atoms. The monoisotopic (exact) mass is 304 g/mol. The molecule has 0 radical (unpaired) electrons. The lowest BCUT2D eigenvalue weighted by molar-refractivity contribution is 0.0953. The molecule has 0 bridgehead atoms. The lowest BCUT2D eigenvalue weighted by Gasteiger charge is -2.21. The Balaban J connectivity index is 1.81. The first-order chi connectivity index (χ1) is 10.8. The fraction of sp³-hybridized carbons (Fsp3) is 0.647. The number of hydrogen-bond acceptors (Lipinski definition) is 4. The van der Waals surface area contributed by atoms with E-state index in [0.717, 1.165) is 38.4 Å². The zero-order valence-corrected chi connectivity index (χ0v) is 13.6. The van der Waals surface area contributed by atoms with E-state index in [9.17, 15) is 4.79 Å². The molecule has 1 aromatic rings. The molecule has 2 heterocycles. The van der Waals surface area contributed by atoms with Gasteiger partial charge in [0.1, 0.15) is 5.82 Å². The van der Waals surface area contributed by atoms with Crippen molar-refractivity contribution in [3.63, 3.8) is 0 Å². The first-order valence-corrected chi connectivity index (χ1v) is 8.51. The van der Waals surface area contributed by atoms with E-state index in [1.165, 1.54) is 25.7 Å². The second-order valence-corrected chi connectivity index (χ2v) is 5.81. The van der Waals surface area contributed by atoms with Crippen LogP contribution in [0.15, 0.2) is 18.3 Å². The van der Waals surface area contributed by atoms with Crippen molar-refractivity contribution in [2.75, 3.05) is 37.6 Å². The van der Waals surface area contributed by atoms with Gasteiger partial charge in [-0.05, 0) is 37.9 Å². The Labute approximate surface area is 133 Å². The predicted molar refractivity (Wildman–Crippen MR) is 90.4 cm³/mol. The van der Waals surface area contributed by atoms with Gasteiger partial charge in [-0.25, -0.2) is 4.98 Å². The lowest BCUT2D eigenvalue weighted by atomic mass is 10.2. The summed E-state index contributed by atoms with van der Waals surface area (Å²) in [5.74, 6) is 0.941. The van der Waals surface area contributed by atoms with E-state index in [1.807, 2.05) is 12.1 Å². The number of anilines is 1. The molecule has 2 rings (SSSR count). The van der Waals surface area contributed by atoms with Crippen LogP contribution in [0.25, 0.3) is 0 Å². The van der Waals surface area contributed by atoms with Gasteiger partial charge in [-0.3, -0.25) is 4.79 Å². The second kappa shape index (κ2) is 9.41. The maximum absolute atomic E-state index is 12.0. The molecule has 1 aliphatic heterocycles. The molecule has 0 atom stereocenters. The van der Waals surface area contributed by atoms with Gasteiger partial charge in [0, 0.05) is 32.4 Å². The summed E-state index contributed by atoms with van der Waals surface area (Å²) in [5.41, 5.74) is 0.633. The third-order valence-corrected chi connectivity index (χ3v) is 3.95. The molecule has 5 nitrogen and oxygen atoms in total. The van der Waals surface area contributed by atoms with Crippen LogP contribution in [0.4, 0.5) is 5.82 Å². The van der Waals surface area contributed by atoms with Crippen molar-refractivity contribution < 1.29 is 4.79 Å². The summed E-state index contributed by atoms with van der Waals surface area (Å²) in [6.07, 6.45) is 7.88. The number of hydrogen-bond donors (Lipinski definition) is 2. The van der Waals surface area contributed by atoms with Gasteiger partial charge < -0.3 is 15.5 Å². The van der Waals surface area contributed by atoms with Crippen LogP contribution in [0, 0.1) is 0 Å². The minimum atomic E-state index is -0.0479. The van der Waals surface area contributed by atoms with Crippen molar-refractivity contribution in [2.45, 2.75) is 39.0 Å². The van der Waals surface area contributed by atoms with E-state index in [4.69, 9.17) is 0 Å². The Hall–Kier alpha value is -1.62. The number of carbonyl (C=O) groups is 1. The molecular formula is C17H28N4O. The SMILES string of the molecule is CCCNCCNC(=O)c1ccc(N2CCCCCC2)nc1. The molecule has 122 valence electrons. The van der Waals surface area contributed by atoms with Gasteiger partial charge in [0.2, 0.25) is 0 Å². The van der Waals surface area contributed by atoms with E-state index >= 15 is 0 Å². The summed E-state index contributed by atoms with van der Waals surface area (Å²) < 4.78 is 0. The average molecular weight is 304 g/mol. The zero-order valence-electron chi connectivity index (χ0n) is 13.6. The minimum absolute atomic E-state index is 0.0479. The Bertz CT molecular complexity index is 438. The first kappa shape index (κ1) is 16.7. The normalized spacial score (nSPS) is 15.4. The van der Waals surface area contributed by atoms with Gasteiger partial charge in [0.25, 0.3) is 5.91 Å². The second-order valence-electron chi connectivity index (χ2n) is 5.81. The standard InChI is InChI=1S/C17H28N4O/c1-2-9-18-10-11-19-17(22)15-7-8-16(20-14-15)21-12-5-3-4-6-13-21/h7-8,14,18H,2-6,9-13H2,1H3,(H,19,22). The van der Waals surface area contributed by atoms with Crippen LogP contribution in [0.5, 0.6) is 0 Å². The number of rotatable bonds is 7. The third kappa shape index (κ3) is 5.30. The van der Waals surface area contributed by atoms with Crippen LogP contribution in [-0.4, -0.2) is 43.6 Å². The third-order valence-electron chi connectivity index (χ3n) is 3.95. The molecule has 5 heteroatoms. The molecule has 1 fully saturated rings. The van der Waals surface area contributed by atoms with Gasteiger partial charge >= 0.3 is 0 Å². The van der Waals surface area contributed by atoms with E-state index in [0.29, 0.717) is 12.1 Å². The summed E-state index contributed by atoms with van der Waals surface area (Å²) in [4.78, 5) is 18.8. The van der Waals surface area contributed by atoms with Crippen LogP contribution in [-0.2, 0) is 0 Å². The maximum Gasteiger partial charge on any atom is 0.252 e. The van der Waals surface area contributed by atoms with Crippen molar-refractivity contribution in [3.8, 4) is 0 Å². The molecule has 2 N–H and O–H groups in total. The van der Waals surface area contributed by atoms with Gasteiger partial charge in [-0.15, -0.1) is 0 Å². The van der Waals surface area contributed by atoms with Gasteiger partial charge in [0.05, 0.1) is 5.56 Å². The molecule has 0 saturated carbocycles. The largest absolute Gasteiger partial charge is 0.357 e. The molecule has 1 aromatic heterocycles. The highest BCUT2D eigenvalue weighted by Gasteiger charge is 2.12. The van der Waals surface area contributed by atoms with Crippen LogP contribution in [0.1, 0.15) is 49.4 Å². The summed E-state index contributed by atoms with van der Waals surface area (Å²) in [7, 11) is 0. The topological polar surface area (TPSA) is 57.3 Å². The fourth-order valence-corrected chi connectivity index (χ4v) is 2.68. The Morgan fingerprint density at radius 2 is 1.91 bits per heavy atom. The Kier molecular flexibility index (Phi) is 7.16. The maximum atomic E-state index is 12.0. The summed E-state index contributed by atoms with van der Waals surface area (Å²) >= 11 is 0. The smallest absolute Gasteiger partial charge is 0.252 e. The van der Waals surface area contributed by atoms with Gasteiger partial charge in [-0.2, -0.15) is 0 Å². The molecular weight excluding hydrogens is 276 g/mol. The quantitative estimate of drug-likeness (QED) is 0.758. The lowest BCUT2D eigenvalue weighted by Crippen LogP contribution is -2.32. The molecule has 0 unspecified atom stereocenters. The number of amides is 1. The van der Waals surface area contributed by atoms with Crippen molar-refractivity contribution in [2.24, 2.45) is 0 Å². The molecule has 0 aliphatic carbocycles. The Morgan fingerprint density at radius 3 is 2.55 bits per heavy atom. The number of carbonyl (C=O) groups excluding carboxylic acids is 1. The summed E-state index contributed by atoms with van der Waals surface area (Å²) in [6.45, 7) is 6.71. The highest BCUT2D eigenvalue weighted by Crippen LogP contribution is 2.17. The molecule has 1 aliphatic rings. The highest BCUT2D eigenvalue weighted by molar-refractivity contribution is 5.94. The molecule has 0 aromatic carbocycles. The van der Waals surface area contributed by atoms with Crippen molar-refractivity contribution in [1.29, 1.82) is 0 Å². The minimum Gasteiger partial charge on any atom is -0.357 e. The van der Waals surface area contributed by atoms with E-state index in [2.05, 4.69) is 27.4 Å². The van der Waals surface area contributed by atoms with Crippen LogP contribution in [0.2, 0.25) is 0 Å². The predicted octanol–water partition coefficient (Wildman–Crippen LogP) is 2.19. The van der Waals surface area contributed by atoms with Crippen molar-refractivity contribution in [3.05, 3.63) is 23.9 Å². The van der Waals surface area contributed by atoms with Crippen LogP contribution >= 0.6 is 0 Å². The molecule has 1 amide bonds. The molecule has 1 saturated heterocycles. The van der Waals surface area contributed by atoms with Crippen LogP contribution < -0.4 is 15.5 Å². The van der Waals surface area contributed by atoms with Crippen molar-refractivity contribution in [1.82, 2.24) is 15.6 Å². The van der Waals surface area contributed by atoms with E-state index in [1.54, 1.807) is 6.20 Å². The number of pyridine rings is 1. The first-order valence-electron chi connectivity index (χ1n) is 8.51. The zero-order chi connectivity index (χ0) is 15.6. The highest BCUT2D eigenvalue weighted by atomic mass is 16.1. The number of nitrogens with one attached hydrogen (secondary N) is 2. The van der Waals surface area contributed by atoms with Gasteiger partial charge in [0.15, 0.2) is 0 Å². The van der Waals surface area contributed by atoms with Crippen molar-refractivity contribution >= 4 is 11.7 Å². The average Bonchev–Trinajstić information content (AvgIpc) is 2.84. The summed E-state index contributed by atoms with van der Waals surface area (Å²) in [6, 6.07) is 3.84. The number of nitrogens with zero attached hydrogens (tertiary/aromatic N) is 2. The van der Waals surface area contributed by atoms with E-state index < -0.39 is 0 Å². The van der Waals surface area contributed by atoms with Crippen LogP contribution in [0.3, 0.4) is 0 Å². The number of aromatic nitrogens is 1. The summed E-state index contributed by atoms with van der Waals surface area (Å²) in [5, 5.41) is 6.17. The van der Waals surface area contributed by atoms with Gasteiger partial charge in [-0.1, -0.05) is 19.8 Å². The Morgan fingerprint density at radius 1 is 1.14 bits per heavy atom.